The van der Waals surface area contributed by atoms with Gasteiger partial charge in [0.1, 0.15) is 5.75 Å². The fourth-order valence-electron chi connectivity index (χ4n) is 3.73. The van der Waals surface area contributed by atoms with Crippen LogP contribution in [-0.4, -0.2) is 35.5 Å². The first-order valence-corrected chi connectivity index (χ1v) is 9.26. The molecule has 0 bridgehead atoms. The highest BCUT2D eigenvalue weighted by atomic mass is 16.5. The van der Waals surface area contributed by atoms with Gasteiger partial charge < -0.3 is 10.1 Å². The standard InChI is InChI=1S/C22H23N3O2/c1-27-19-11-9-18(10-12-19)24-22(26)20-8-4-14-25(20)15-17-6-2-5-16-7-3-13-23-21(16)17/h2-3,5-7,9-13,20H,4,8,14-15H2,1H3,(H,24,26)/t20-/m1/s1. The average molecular weight is 361 g/mol. The summed E-state index contributed by atoms with van der Waals surface area (Å²) >= 11 is 0. The summed E-state index contributed by atoms with van der Waals surface area (Å²) in [5.74, 6) is 0.824. The summed E-state index contributed by atoms with van der Waals surface area (Å²) in [6, 6.07) is 17.6. The Bertz CT molecular complexity index is 934. The van der Waals surface area contributed by atoms with E-state index in [1.165, 1.54) is 0 Å². The highest BCUT2D eigenvalue weighted by Gasteiger charge is 2.31. The second-order valence-electron chi connectivity index (χ2n) is 6.84. The van der Waals surface area contributed by atoms with Crippen LogP contribution in [-0.2, 0) is 11.3 Å². The highest BCUT2D eigenvalue weighted by molar-refractivity contribution is 5.95. The molecule has 4 rings (SSSR count). The Hall–Kier alpha value is -2.92. The van der Waals surface area contributed by atoms with Crippen LogP contribution in [0.2, 0.25) is 0 Å². The van der Waals surface area contributed by atoms with Crippen molar-refractivity contribution in [1.82, 2.24) is 9.88 Å². The number of carbonyl (C=O) groups is 1. The van der Waals surface area contributed by atoms with Crippen molar-refractivity contribution >= 4 is 22.5 Å². The number of nitrogens with one attached hydrogen (secondary N) is 1. The molecule has 0 radical (unpaired) electrons. The van der Waals surface area contributed by atoms with E-state index in [0.29, 0.717) is 0 Å². The topological polar surface area (TPSA) is 54.5 Å². The Morgan fingerprint density at radius 2 is 2.00 bits per heavy atom. The number of likely N-dealkylation sites (tertiary alicyclic amines) is 1. The van der Waals surface area contributed by atoms with Crippen molar-refractivity contribution in [2.24, 2.45) is 0 Å². The first-order chi connectivity index (χ1) is 13.2. The van der Waals surface area contributed by atoms with E-state index >= 15 is 0 Å². The summed E-state index contributed by atoms with van der Waals surface area (Å²) < 4.78 is 5.17. The number of para-hydroxylation sites is 1. The second-order valence-corrected chi connectivity index (χ2v) is 6.84. The smallest absolute Gasteiger partial charge is 0.241 e. The first-order valence-electron chi connectivity index (χ1n) is 9.26. The van der Waals surface area contributed by atoms with Gasteiger partial charge in [-0.05, 0) is 55.3 Å². The van der Waals surface area contributed by atoms with Crippen LogP contribution < -0.4 is 10.1 Å². The van der Waals surface area contributed by atoms with E-state index in [0.717, 1.165) is 53.8 Å². The van der Waals surface area contributed by atoms with Crippen LogP contribution in [0.3, 0.4) is 0 Å². The minimum absolute atomic E-state index is 0.0471. The SMILES string of the molecule is COc1ccc(NC(=O)[C@H]2CCCN2Cc2cccc3cccnc23)cc1. The normalized spacial score (nSPS) is 17.1. The average Bonchev–Trinajstić information content (AvgIpc) is 3.17. The van der Waals surface area contributed by atoms with Crippen molar-refractivity contribution in [3.63, 3.8) is 0 Å². The molecule has 5 heteroatoms. The molecule has 5 nitrogen and oxygen atoms in total. The zero-order valence-corrected chi connectivity index (χ0v) is 15.4. The van der Waals surface area contributed by atoms with E-state index in [2.05, 4.69) is 39.5 Å². The number of hydrogen-bond acceptors (Lipinski definition) is 4. The predicted octanol–water partition coefficient (Wildman–Crippen LogP) is 3.85. The summed E-state index contributed by atoms with van der Waals surface area (Å²) in [4.78, 5) is 19.6. The molecule has 1 N–H and O–H groups in total. The van der Waals surface area contributed by atoms with E-state index in [-0.39, 0.29) is 11.9 Å². The van der Waals surface area contributed by atoms with E-state index in [9.17, 15) is 4.79 Å². The molecule has 1 saturated heterocycles. The number of anilines is 1. The van der Waals surface area contributed by atoms with Gasteiger partial charge in [-0.1, -0.05) is 24.3 Å². The summed E-state index contributed by atoms with van der Waals surface area (Å²) in [5, 5.41) is 4.17. The lowest BCUT2D eigenvalue weighted by Gasteiger charge is -2.24. The molecule has 2 heterocycles. The van der Waals surface area contributed by atoms with Gasteiger partial charge in [-0.15, -0.1) is 0 Å². The minimum Gasteiger partial charge on any atom is -0.497 e. The number of aromatic nitrogens is 1. The molecule has 1 aromatic heterocycles. The maximum absolute atomic E-state index is 12.8. The lowest BCUT2D eigenvalue weighted by Crippen LogP contribution is -2.39. The first kappa shape index (κ1) is 17.5. The largest absolute Gasteiger partial charge is 0.497 e. The van der Waals surface area contributed by atoms with Crippen molar-refractivity contribution in [1.29, 1.82) is 0 Å². The Morgan fingerprint density at radius 1 is 1.19 bits per heavy atom. The number of pyridine rings is 1. The number of benzene rings is 2. The van der Waals surface area contributed by atoms with Gasteiger partial charge in [0.05, 0.1) is 18.7 Å². The van der Waals surface area contributed by atoms with Crippen molar-refractivity contribution < 1.29 is 9.53 Å². The fraction of sp³-hybridized carbons (Fsp3) is 0.273. The quantitative estimate of drug-likeness (QED) is 0.750. The number of carbonyl (C=O) groups excluding carboxylic acids is 1. The van der Waals surface area contributed by atoms with E-state index in [1.54, 1.807) is 7.11 Å². The van der Waals surface area contributed by atoms with Crippen LogP contribution in [0.5, 0.6) is 5.75 Å². The van der Waals surface area contributed by atoms with Crippen LogP contribution in [0.4, 0.5) is 5.69 Å². The van der Waals surface area contributed by atoms with Crippen molar-refractivity contribution in [2.75, 3.05) is 19.0 Å². The Labute approximate surface area is 159 Å². The van der Waals surface area contributed by atoms with E-state index < -0.39 is 0 Å². The third-order valence-electron chi connectivity index (χ3n) is 5.11. The predicted molar refractivity (Wildman–Crippen MR) is 107 cm³/mol. The van der Waals surface area contributed by atoms with Gasteiger partial charge in [-0.3, -0.25) is 14.7 Å². The number of methoxy groups -OCH3 is 1. The van der Waals surface area contributed by atoms with E-state index in [4.69, 9.17) is 4.74 Å². The molecule has 0 spiro atoms. The molecular formula is C22H23N3O2. The van der Waals surface area contributed by atoms with Gasteiger partial charge >= 0.3 is 0 Å². The maximum atomic E-state index is 12.8. The molecule has 1 atom stereocenters. The zero-order chi connectivity index (χ0) is 18.6. The molecule has 3 aromatic rings. The van der Waals surface area contributed by atoms with Crippen LogP contribution in [0.1, 0.15) is 18.4 Å². The van der Waals surface area contributed by atoms with Crippen LogP contribution in [0, 0.1) is 0 Å². The lowest BCUT2D eigenvalue weighted by atomic mass is 10.1. The van der Waals surface area contributed by atoms with Gasteiger partial charge in [0.2, 0.25) is 5.91 Å². The van der Waals surface area contributed by atoms with Crippen molar-refractivity contribution in [3.05, 3.63) is 66.4 Å². The summed E-state index contributed by atoms with van der Waals surface area (Å²) in [7, 11) is 1.63. The Kier molecular flexibility index (Phi) is 5.03. The van der Waals surface area contributed by atoms with Gasteiger partial charge in [0.15, 0.2) is 0 Å². The molecular weight excluding hydrogens is 338 g/mol. The molecule has 0 unspecified atom stereocenters. The third-order valence-corrected chi connectivity index (χ3v) is 5.11. The Morgan fingerprint density at radius 3 is 2.81 bits per heavy atom. The summed E-state index contributed by atoms with van der Waals surface area (Å²) in [6.07, 6.45) is 3.72. The number of rotatable bonds is 5. The number of amides is 1. The molecule has 0 aliphatic carbocycles. The fourth-order valence-corrected chi connectivity index (χ4v) is 3.73. The molecule has 1 amide bonds. The molecule has 0 saturated carbocycles. The van der Waals surface area contributed by atoms with E-state index in [1.807, 2.05) is 36.5 Å². The molecule has 1 fully saturated rings. The van der Waals surface area contributed by atoms with Gasteiger partial charge in [-0.2, -0.15) is 0 Å². The number of fused-ring (bicyclic) bond motifs is 1. The molecule has 1 aliphatic rings. The number of ether oxygens (including phenoxy) is 1. The van der Waals surface area contributed by atoms with Crippen LogP contribution in [0.25, 0.3) is 10.9 Å². The van der Waals surface area contributed by atoms with Crippen molar-refractivity contribution in [3.8, 4) is 5.75 Å². The maximum Gasteiger partial charge on any atom is 0.241 e. The van der Waals surface area contributed by atoms with Crippen LogP contribution >= 0.6 is 0 Å². The number of nitrogens with zero attached hydrogens (tertiary/aromatic N) is 2. The molecule has 138 valence electrons. The van der Waals surface area contributed by atoms with Gasteiger partial charge in [-0.25, -0.2) is 0 Å². The molecule has 2 aromatic carbocycles. The second kappa shape index (κ2) is 7.76. The minimum atomic E-state index is -0.119. The lowest BCUT2D eigenvalue weighted by molar-refractivity contribution is -0.120. The van der Waals surface area contributed by atoms with Gasteiger partial charge in [0, 0.05) is 23.8 Å². The third kappa shape index (κ3) is 3.78. The Balaban J connectivity index is 1.48. The monoisotopic (exact) mass is 361 g/mol. The number of hydrogen-bond donors (Lipinski definition) is 1. The summed E-state index contributed by atoms with van der Waals surface area (Å²) in [6.45, 7) is 1.65. The molecule has 1 aliphatic heterocycles. The van der Waals surface area contributed by atoms with Crippen LogP contribution in [0.15, 0.2) is 60.8 Å². The van der Waals surface area contributed by atoms with Crippen molar-refractivity contribution in [2.45, 2.75) is 25.4 Å². The zero-order valence-electron chi connectivity index (χ0n) is 15.4. The van der Waals surface area contributed by atoms with Gasteiger partial charge in [0.25, 0.3) is 0 Å². The highest BCUT2D eigenvalue weighted by Crippen LogP contribution is 2.25. The molecule has 27 heavy (non-hydrogen) atoms. The summed E-state index contributed by atoms with van der Waals surface area (Å²) in [5.41, 5.74) is 2.97.